The first-order chi connectivity index (χ1) is 13.5. The van der Waals surface area contributed by atoms with Crippen LogP contribution >= 0.6 is 15.9 Å². The Kier molecular flexibility index (Phi) is 6.49. The summed E-state index contributed by atoms with van der Waals surface area (Å²) in [7, 11) is 0. The van der Waals surface area contributed by atoms with Crippen molar-refractivity contribution in [3.63, 3.8) is 0 Å². The molecular formula is C21H19BrN2O4. The van der Waals surface area contributed by atoms with Gasteiger partial charge in [-0.3, -0.25) is 9.59 Å². The Morgan fingerprint density at radius 3 is 2.57 bits per heavy atom. The third-order valence-electron chi connectivity index (χ3n) is 3.93. The number of hydrogen-bond acceptors (Lipinski definition) is 4. The van der Waals surface area contributed by atoms with Gasteiger partial charge >= 0.3 is 0 Å². The third-order valence-corrected chi connectivity index (χ3v) is 4.82. The first-order valence-electron chi connectivity index (χ1n) is 8.61. The maximum atomic E-state index is 12.1. The van der Waals surface area contributed by atoms with E-state index in [0.717, 1.165) is 10.0 Å². The van der Waals surface area contributed by atoms with Gasteiger partial charge in [0.05, 0.1) is 12.8 Å². The van der Waals surface area contributed by atoms with E-state index in [2.05, 4.69) is 26.6 Å². The molecule has 2 amide bonds. The number of carbonyl (C=O) groups is 2. The fourth-order valence-corrected chi connectivity index (χ4v) is 2.69. The van der Waals surface area contributed by atoms with Crippen molar-refractivity contribution in [2.75, 3.05) is 11.9 Å². The number of halogens is 1. The Hall–Kier alpha value is -3.06. The number of furan rings is 1. The van der Waals surface area contributed by atoms with Crippen molar-refractivity contribution in [1.82, 2.24) is 5.32 Å². The third kappa shape index (κ3) is 5.47. The van der Waals surface area contributed by atoms with Gasteiger partial charge in [0.1, 0.15) is 11.5 Å². The van der Waals surface area contributed by atoms with Gasteiger partial charge in [-0.15, -0.1) is 0 Å². The summed E-state index contributed by atoms with van der Waals surface area (Å²) < 4.78 is 11.7. The van der Waals surface area contributed by atoms with Crippen molar-refractivity contribution in [3.8, 4) is 5.75 Å². The minimum Gasteiger partial charge on any atom is -0.484 e. The van der Waals surface area contributed by atoms with E-state index < -0.39 is 0 Å². The maximum Gasteiger partial charge on any atom is 0.262 e. The molecule has 2 N–H and O–H groups in total. The smallest absolute Gasteiger partial charge is 0.262 e. The predicted octanol–water partition coefficient (Wildman–Crippen LogP) is 4.30. The number of ether oxygens (including phenoxy) is 1. The molecule has 0 spiro atoms. The first kappa shape index (κ1) is 19.7. The van der Waals surface area contributed by atoms with Crippen LogP contribution in [0.15, 0.2) is 69.8 Å². The lowest BCUT2D eigenvalue weighted by Crippen LogP contribution is -2.23. The summed E-state index contributed by atoms with van der Waals surface area (Å²) in [5, 5.41) is 5.50. The lowest BCUT2D eigenvalue weighted by atomic mass is 10.2. The number of rotatable bonds is 7. The molecule has 28 heavy (non-hydrogen) atoms. The van der Waals surface area contributed by atoms with E-state index in [1.54, 1.807) is 48.7 Å². The minimum absolute atomic E-state index is 0.105. The van der Waals surface area contributed by atoms with E-state index in [0.29, 0.717) is 29.3 Å². The van der Waals surface area contributed by atoms with Crippen LogP contribution in [-0.4, -0.2) is 18.4 Å². The molecule has 0 saturated heterocycles. The lowest BCUT2D eigenvalue weighted by molar-refractivity contribution is -0.118. The number of amides is 2. The molecule has 3 rings (SSSR count). The Bertz CT molecular complexity index is 953. The summed E-state index contributed by atoms with van der Waals surface area (Å²) in [5.41, 5.74) is 2.10. The fraction of sp³-hybridized carbons (Fsp3) is 0.143. The molecule has 0 atom stereocenters. The predicted molar refractivity (Wildman–Crippen MR) is 109 cm³/mol. The molecule has 1 aromatic heterocycles. The molecule has 0 unspecified atom stereocenters. The molecule has 0 aliphatic rings. The molecule has 0 fully saturated rings. The van der Waals surface area contributed by atoms with E-state index in [4.69, 9.17) is 9.15 Å². The molecule has 7 heteroatoms. The number of anilines is 1. The van der Waals surface area contributed by atoms with Crippen LogP contribution in [-0.2, 0) is 11.3 Å². The van der Waals surface area contributed by atoms with E-state index >= 15 is 0 Å². The molecule has 3 aromatic rings. The molecule has 1 heterocycles. The average Bonchev–Trinajstić information content (AvgIpc) is 3.21. The molecule has 2 aromatic carbocycles. The maximum absolute atomic E-state index is 12.1. The average molecular weight is 443 g/mol. The molecule has 0 saturated carbocycles. The van der Waals surface area contributed by atoms with Crippen LogP contribution in [0, 0.1) is 6.92 Å². The zero-order valence-electron chi connectivity index (χ0n) is 15.2. The van der Waals surface area contributed by atoms with Crippen LogP contribution in [0.3, 0.4) is 0 Å². The summed E-state index contributed by atoms with van der Waals surface area (Å²) in [5.74, 6) is 0.802. The number of nitrogens with one attached hydrogen (secondary N) is 2. The molecular weight excluding hydrogens is 424 g/mol. The Labute approximate surface area is 171 Å². The highest BCUT2D eigenvalue weighted by Crippen LogP contribution is 2.21. The summed E-state index contributed by atoms with van der Waals surface area (Å²) in [6, 6.07) is 15.7. The second-order valence-corrected chi connectivity index (χ2v) is 6.94. The zero-order chi connectivity index (χ0) is 19.9. The monoisotopic (exact) mass is 442 g/mol. The van der Waals surface area contributed by atoms with Crippen molar-refractivity contribution in [2.45, 2.75) is 13.5 Å². The van der Waals surface area contributed by atoms with Gasteiger partial charge in [-0.25, -0.2) is 0 Å². The summed E-state index contributed by atoms with van der Waals surface area (Å²) in [6.07, 6.45) is 1.56. The summed E-state index contributed by atoms with van der Waals surface area (Å²) >= 11 is 3.42. The largest absolute Gasteiger partial charge is 0.484 e. The highest BCUT2D eigenvalue weighted by atomic mass is 79.9. The number of benzene rings is 2. The van der Waals surface area contributed by atoms with Gasteiger partial charge in [0.15, 0.2) is 6.61 Å². The van der Waals surface area contributed by atoms with Gasteiger partial charge in [-0.1, -0.05) is 15.9 Å². The van der Waals surface area contributed by atoms with Gasteiger partial charge in [0.2, 0.25) is 0 Å². The van der Waals surface area contributed by atoms with Gasteiger partial charge in [0.25, 0.3) is 11.8 Å². The molecule has 0 radical (unpaired) electrons. The molecule has 0 aliphatic carbocycles. The highest BCUT2D eigenvalue weighted by molar-refractivity contribution is 9.10. The van der Waals surface area contributed by atoms with E-state index in [9.17, 15) is 9.59 Å². The van der Waals surface area contributed by atoms with Gasteiger partial charge in [-0.05, 0) is 67.1 Å². The van der Waals surface area contributed by atoms with Gasteiger partial charge in [-0.2, -0.15) is 0 Å². The number of hydrogen-bond donors (Lipinski definition) is 2. The first-order valence-corrected chi connectivity index (χ1v) is 9.40. The number of aryl methyl sites for hydroxylation is 1. The Balaban J connectivity index is 1.48. The fourth-order valence-electron chi connectivity index (χ4n) is 2.44. The summed E-state index contributed by atoms with van der Waals surface area (Å²) in [4.78, 5) is 24.2. The van der Waals surface area contributed by atoms with Crippen molar-refractivity contribution < 1.29 is 18.7 Å². The normalized spacial score (nSPS) is 10.4. The highest BCUT2D eigenvalue weighted by Gasteiger charge is 2.08. The lowest BCUT2D eigenvalue weighted by Gasteiger charge is -2.09. The Morgan fingerprint density at radius 1 is 1.11 bits per heavy atom. The van der Waals surface area contributed by atoms with Crippen molar-refractivity contribution in [2.24, 2.45) is 0 Å². The second-order valence-electron chi connectivity index (χ2n) is 6.09. The SMILES string of the molecule is Cc1cc(OCC(=O)Nc2ccc(C(=O)NCc3ccco3)cc2)ccc1Br. The zero-order valence-corrected chi connectivity index (χ0v) is 16.8. The van der Waals surface area contributed by atoms with Crippen molar-refractivity contribution in [1.29, 1.82) is 0 Å². The molecule has 144 valence electrons. The number of carbonyl (C=O) groups excluding carboxylic acids is 2. The van der Waals surface area contributed by atoms with E-state index in [1.165, 1.54) is 0 Å². The summed E-state index contributed by atoms with van der Waals surface area (Å²) in [6.45, 7) is 2.16. The second kappa shape index (κ2) is 9.23. The van der Waals surface area contributed by atoms with Crippen LogP contribution in [0.4, 0.5) is 5.69 Å². The van der Waals surface area contributed by atoms with E-state index in [1.807, 2.05) is 19.1 Å². The van der Waals surface area contributed by atoms with Crippen molar-refractivity contribution in [3.05, 3.63) is 82.2 Å². The standard InChI is InChI=1S/C21H19BrN2O4/c1-14-11-17(8-9-19(14)22)28-13-20(25)24-16-6-4-15(5-7-16)21(26)23-12-18-3-2-10-27-18/h2-11H,12-13H2,1H3,(H,23,26)(H,24,25). The quantitative estimate of drug-likeness (QED) is 0.571. The van der Waals surface area contributed by atoms with Crippen LogP contribution in [0.2, 0.25) is 0 Å². The Morgan fingerprint density at radius 2 is 1.89 bits per heavy atom. The van der Waals surface area contributed by atoms with Crippen LogP contribution < -0.4 is 15.4 Å². The molecule has 0 aliphatic heterocycles. The van der Waals surface area contributed by atoms with Gasteiger partial charge < -0.3 is 19.8 Å². The van der Waals surface area contributed by atoms with Crippen LogP contribution in [0.1, 0.15) is 21.7 Å². The molecule has 0 bridgehead atoms. The van der Waals surface area contributed by atoms with Crippen LogP contribution in [0.25, 0.3) is 0 Å². The van der Waals surface area contributed by atoms with Gasteiger partial charge in [0, 0.05) is 15.7 Å². The van der Waals surface area contributed by atoms with E-state index in [-0.39, 0.29) is 18.4 Å². The van der Waals surface area contributed by atoms with Crippen molar-refractivity contribution >= 4 is 33.4 Å². The van der Waals surface area contributed by atoms with Crippen LogP contribution in [0.5, 0.6) is 5.75 Å². The molecule has 6 nitrogen and oxygen atoms in total. The minimum atomic E-state index is -0.282. The topological polar surface area (TPSA) is 80.6 Å².